The molecule has 2 nitrogen and oxygen atoms in total. The fourth-order valence-electron chi connectivity index (χ4n) is 7.66. The number of halogens is 1. The highest BCUT2D eigenvalue weighted by molar-refractivity contribution is 7.27. The van der Waals surface area contributed by atoms with E-state index in [1.165, 1.54) is 18.5 Å². The third kappa shape index (κ3) is 3.59. The second kappa shape index (κ2) is 9.28. The topological polar surface area (TPSA) is 12.5 Å². The van der Waals surface area contributed by atoms with Gasteiger partial charge in [-0.05, 0) is 70.6 Å². The van der Waals surface area contributed by atoms with Crippen LogP contribution >= 0.6 is 9.24 Å². The molecule has 2 heterocycles. The second-order valence-electron chi connectivity index (χ2n) is 12.4. The molecular formula is C38H33FNOP. The average Bonchev–Trinajstić information content (AvgIpc) is 3.63. The first kappa shape index (κ1) is 25.7. The Hall–Kier alpha value is -3.94. The van der Waals surface area contributed by atoms with Crippen LogP contribution in [0, 0.1) is 5.82 Å². The van der Waals surface area contributed by atoms with Crippen LogP contribution in [0.3, 0.4) is 0 Å². The molecule has 4 heteroatoms. The van der Waals surface area contributed by atoms with E-state index in [0.29, 0.717) is 0 Å². The normalized spacial score (nSPS) is 19.9. The van der Waals surface area contributed by atoms with Crippen molar-refractivity contribution in [1.82, 2.24) is 0 Å². The molecule has 0 N–H and O–H groups in total. The van der Waals surface area contributed by atoms with Gasteiger partial charge < -0.3 is 9.64 Å². The van der Waals surface area contributed by atoms with Gasteiger partial charge in [-0.3, -0.25) is 0 Å². The van der Waals surface area contributed by atoms with E-state index >= 15 is 4.39 Å². The van der Waals surface area contributed by atoms with Crippen molar-refractivity contribution in [3.05, 3.63) is 131 Å². The van der Waals surface area contributed by atoms with Gasteiger partial charge in [0.05, 0.1) is 0 Å². The van der Waals surface area contributed by atoms with Crippen molar-refractivity contribution in [2.75, 3.05) is 18.0 Å². The van der Waals surface area contributed by atoms with Gasteiger partial charge >= 0.3 is 0 Å². The number of benzene rings is 5. The van der Waals surface area contributed by atoms with Crippen LogP contribution in [-0.4, -0.2) is 13.1 Å². The number of hydrogen-bond donors (Lipinski definition) is 0. The van der Waals surface area contributed by atoms with Gasteiger partial charge in [0.15, 0.2) is 5.60 Å². The molecule has 42 heavy (non-hydrogen) atoms. The van der Waals surface area contributed by atoms with E-state index in [9.17, 15) is 0 Å². The molecule has 208 valence electrons. The molecule has 0 amide bonds. The molecule has 3 aliphatic rings. The van der Waals surface area contributed by atoms with E-state index in [0.717, 1.165) is 73.9 Å². The monoisotopic (exact) mass is 569 g/mol. The van der Waals surface area contributed by atoms with Crippen LogP contribution in [0.15, 0.2) is 97.1 Å². The fraction of sp³-hybridized carbons (Fsp3) is 0.211. The summed E-state index contributed by atoms with van der Waals surface area (Å²) in [6.45, 7) is 6.51. The number of hydrogen-bond acceptors (Lipinski definition) is 2. The maximum Gasteiger partial charge on any atom is 0.178 e. The lowest BCUT2D eigenvalue weighted by Crippen LogP contribution is -2.35. The SMILES string of the molecule is CC1(C)c2c(F)cc(P)cc2-c2c1c1c(c3ccccc23)OC(c2ccccc2)(c2ccc(N3CCCC3)cc2)C=C1. The number of rotatable bonds is 3. The minimum Gasteiger partial charge on any atom is -0.472 e. The molecule has 1 saturated heterocycles. The zero-order valence-electron chi connectivity index (χ0n) is 24.0. The Balaban J connectivity index is 1.38. The van der Waals surface area contributed by atoms with Gasteiger partial charge in [-0.2, -0.15) is 0 Å². The van der Waals surface area contributed by atoms with Gasteiger partial charge in [0.25, 0.3) is 0 Å². The van der Waals surface area contributed by atoms with Crippen LogP contribution in [-0.2, 0) is 11.0 Å². The molecule has 2 aliphatic heterocycles. The van der Waals surface area contributed by atoms with Crippen LogP contribution in [0.5, 0.6) is 5.75 Å². The van der Waals surface area contributed by atoms with Crippen molar-refractivity contribution in [2.24, 2.45) is 0 Å². The summed E-state index contributed by atoms with van der Waals surface area (Å²) in [5, 5.41) is 2.99. The van der Waals surface area contributed by atoms with E-state index < -0.39 is 11.0 Å². The first-order valence-electron chi connectivity index (χ1n) is 14.9. The molecule has 5 aromatic carbocycles. The van der Waals surface area contributed by atoms with E-state index in [2.05, 4.69) is 119 Å². The van der Waals surface area contributed by atoms with E-state index in [1.54, 1.807) is 6.07 Å². The lowest BCUT2D eigenvalue weighted by molar-refractivity contribution is 0.163. The van der Waals surface area contributed by atoms with E-state index in [4.69, 9.17) is 4.74 Å². The first-order valence-corrected chi connectivity index (χ1v) is 15.4. The van der Waals surface area contributed by atoms with Crippen molar-refractivity contribution in [3.63, 3.8) is 0 Å². The third-order valence-electron chi connectivity index (χ3n) is 9.55. The molecule has 2 atom stereocenters. The Morgan fingerprint density at radius 1 is 0.786 bits per heavy atom. The number of nitrogens with zero attached hydrogens (tertiary/aromatic N) is 1. The highest BCUT2D eigenvalue weighted by Crippen LogP contribution is 2.58. The second-order valence-corrected chi connectivity index (χ2v) is 13.0. The molecule has 2 unspecified atom stereocenters. The quantitative estimate of drug-likeness (QED) is 0.202. The van der Waals surface area contributed by atoms with Gasteiger partial charge in [0.1, 0.15) is 11.6 Å². The summed E-state index contributed by atoms with van der Waals surface area (Å²) in [6, 6.07) is 31.6. The minimum absolute atomic E-state index is 0.158. The van der Waals surface area contributed by atoms with Crippen LogP contribution in [0.1, 0.15) is 54.5 Å². The highest BCUT2D eigenvalue weighted by Gasteiger charge is 2.45. The molecule has 1 aliphatic carbocycles. The predicted octanol–water partition coefficient (Wildman–Crippen LogP) is 8.74. The average molecular weight is 570 g/mol. The number of anilines is 1. The molecule has 0 aromatic heterocycles. The Kier molecular flexibility index (Phi) is 5.69. The molecule has 8 rings (SSSR count). The largest absolute Gasteiger partial charge is 0.472 e. The predicted molar refractivity (Wildman–Crippen MR) is 176 cm³/mol. The Labute approximate surface area is 249 Å². The standard InChI is InChI=1S/C38H33FNOP/c1-37(2)34-31(22-27(42)23-32(34)39)33-28-12-6-7-13-29(28)36-30(35(33)37)18-19-38(41-36,24-10-4-3-5-11-24)25-14-16-26(17-15-25)40-20-8-9-21-40/h3-7,10-19,22-23H,8-9,20-21,42H2,1-2H3. The molecule has 1 fully saturated rings. The lowest BCUT2D eigenvalue weighted by Gasteiger charge is -2.38. The summed E-state index contributed by atoms with van der Waals surface area (Å²) in [6.07, 6.45) is 6.94. The molecule has 5 aromatic rings. The summed E-state index contributed by atoms with van der Waals surface area (Å²) >= 11 is 0. The number of ether oxygens (including phenoxy) is 1. The minimum atomic E-state index is -0.803. The molecular weight excluding hydrogens is 536 g/mol. The van der Waals surface area contributed by atoms with Crippen molar-refractivity contribution in [3.8, 4) is 16.9 Å². The summed E-state index contributed by atoms with van der Waals surface area (Å²) in [4.78, 5) is 2.46. The smallest absolute Gasteiger partial charge is 0.178 e. The summed E-state index contributed by atoms with van der Waals surface area (Å²) in [5.41, 5.74) is 7.11. The van der Waals surface area contributed by atoms with Crippen LogP contribution in [0.4, 0.5) is 10.1 Å². The van der Waals surface area contributed by atoms with Gasteiger partial charge in [-0.15, -0.1) is 9.24 Å². The van der Waals surface area contributed by atoms with Crippen LogP contribution in [0.2, 0.25) is 0 Å². The van der Waals surface area contributed by atoms with Crippen molar-refractivity contribution < 1.29 is 9.13 Å². The van der Waals surface area contributed by atoms with Crippen LogP contribution < -0.4 is 14.9 Å². The maximum absolute atomic E-state index is 15.7. The lowest BCUT2D eigenvalue weighted by atomic mass is 9.76. The van der Waals surface area contributed by atoms with Crippen LogP contribution in [0.25, 0.3) is 28.0 Å². The Bertz CT molecular complexity index is 1900. The summed E-state index contributed by atoms with van der Waals surface area (Å²) in [5.74, 6) is 0.695. The third-order valence-corrected chi connectivity index (χ3v) is 9.89. The number of fused-ring (bicyclic) bond motifs is 8. The molecule has 0 spiro atoms. The van der Waals surface area contributed by atoms with Gasteiger partial charge in [-0.25, -0.2) is 4.39 Å². The highest BCUT2D eigenvalue weighted by atomic mass is 31.0. The van der Waals surface area contributed by atoms with Gasteiger partial charge in [0, 0.05) is 51.8 Å². The van der Waals surface area contributed by atoms with E-state index in [1.807, 2.05) is 6.07 Å². The van der Waals surface area contributed by atoms with Crippen molar-refractivity contribution >= 4 is 37.1 Å². The zero-order valence-corrected chi connectivity index (χ0v) is 25.1. The first-order chi connectivity index (χ1) is 20.4. The Morgan fingerprint density at radius 2 is 1.45 bits per heavy atom. The van der Waals surface area contributed by atoms with Crippen molar-refractivity contribution in [2.45, 2.75) is 37.7 Å². The molecule has 0 saturated carbocycles. The van der Waals surface area contributed by atoms with Gasteiger partial charge in [-0.1, -0.05) is 86.7 Å². The summed E-state index contributed by atoms with van der Waals surface area (Å²) in [7, 11) is 2.68. The summed E-state index contributed by atoms with van der Waals surface area (Å²) < 4.78 is 23.0. The fourth-order valence-corrected chi connectivity index (χ4v) is 7.98. The molecule has 0 bridgehead atoms. The van der Waals surface area contributed by atoms with E-state index in [-0.39, 0.29) is 5.82 Å². The zero-order chi connectivity index (χ0) is 28.6. The Morgan fingerprint density at radius 3 is 2.19 bits per heavy atom. The van der Waals surface area contributed by atoms with Crippen molar-refractivity contribution in [1.29, 1.82) is 0 Å². The molecule has 0 radical (unpaired) electrons. The van der Waals surface area contributed by atoms with Gasteiger partial charge in [0.2, 0.25) is 0 Å². The maximum atomic E-state index is 15.7.